The molecule has 100 valence electrons. The molecule has 0 aliphatic carbocycles. The van der Waals surface area contributed by atoms with Crippen LogP contribution in [0.5, 0.6) is 0 Å². The largest absolute Gasteiger partial charge is 0.376 e. The first-order valence-electron chi connectivity index (χ1n) is 6.62. The standard InChI is InChI=1S/C13H25NO3/c1-8(2)14-12-11-10(5)17-13(12,7-16-11)6-15-9(3)4/h8-12,14H,6-7H2,1-5H3/t10-,11?,12+,13-/m0/s1. The molecule has 2 bridgehead atoms. The van der Waals surface area contributed by atoms with Gasteiger partial charge in [0.2, 0.25) is 0 Å². The number of hydrogen-bond acceptors (Lipinski definition) is 4. The Bertz CT molecular complexity index is 269. The Hall–Kier alpha value is -0.160. The lowest BCUT2D eigenvalue weighted by molar-refractivity contribution is -0.164. The zero-order valence-electron chi connectivity index (χ0n) is 11.5. The molecule has 4 nitrogen and oxygen atoms in total. The van der Waals surface area contributed by atoms with Crippen molar-refractivity contribution in [2.75, 3.05) is 13.2 Å². The molecule has 0 aromatic rings. The lowest BCUT2D eigenvalue weighted by Crippen LogP contribution is -2.54. The van der Waals surface area contributed by atoms with Gasteiger partial charge in [-0.15, -0.1) is 0 Å². The van der Waals surface area contributed by atoms with Crippen molar-refractivity contribution in [3.05, 3.63) is 0 Å². The Balaban J connectivity index is 2.07. The molecule has 2 saturated heterocycles. The Morgan fingerprint density at radius 1 is 1.35 bits per heavy atom. The molecule has 2 fully saturated rings. The van der Waals surface area contributed by atoms with E-state index < -0.39 is 0 Å². The fourth-order valence-corrected chi connectivity index (χ4v) is 2.75. The van der Waals surface area contributed by atoms with Gasteiger partial charge in [-0.1, -0.05) is 13.8 Å². The summed E-state index contributed by atoms with van der Waals surface area (Å²) in [6.45, 7) is 11.7. The average molecular weight is 243 g/mol. The average Bonchev–Trinajstić information content (AvgIpc) is 2.67. The quantitative estimate of drug-likeness (QED) is 0.791. The molecule has 2 heterocycles. The minimum Gasteiger partial charge on any atom is -0.376 e. The molecule has 2 aliphatic heterocycles. The molecular formula is C13H25NO3. The second-order valence-electron chi connectivity index (χ2n) is 5.82. The smallest absolute Gasteiger partial charge is 0.133 e. The van der Waals surface area contributed by atoms with E-state index in [-0.39, 0.29) is 30.0 Å². The second kappa shape index (κ2) is 4.84. The lowest BCUT2D eigenvalue weighted by Gasteiger charge is -2.32. The van der Waals surface area contributed by atoms with Crippen molar-refractivity contribution >= 4 is 0 Å². The first kappa shape index (κ1) is 13.3. The molecular weight excluding hydrogens is 218 g/mol. The molecule has 4 atom stereocenters. The van der Waals surface area contributed by atoms with Gasteiger partial charge in [0.25, 0.3) is 0 Å². The maximum absolute atomic E-state index is 6.10. The maximum atomic E-state index is 6.10. The highest BCUT2D eigenvalue weighted by molar-refractivity contribution is 5.11. The van der Waals surface area contributed by atoms with E-state index in [1.165, 1.54) is 0 Å². The fourth-order valence-electron chi connectivity index (χ4n) is 2.75. The van der Waals surface area contributed by atoms with Crippen molar-refractivity contribution < 1.29 is 14.2 Å². The van der Waals surface area contributed by atoms with Gasteiger partial charge >= 0.3 is 0 Å². The molecule has 1 unspecified atom stereocenters. The molecule has 0 saturated carbocycles. The van der Waals surface area contributed by atoms with Crippen LogP contribution < -0.4 is 5.32 Å². The van der Waals surface area contributed by atoms with Gasteiger partial charge in [0.15, 0.2) is 0 Å². The van der Waals surface area contributed by atoms with Gasteiger partial charge in [0, 0.05) is 6.04 Å². The number of hydrogen-bond donors (Lipinski definition) is 1. The molecule has 2 aliphatic rings. The van der Waals surface area contributed by atoms with Gasteiger partial charge in [-0.25, -0.2) is 0 Å². The first-order valence-corrected chi connectivity index (χ1v) is 6.62. The van der Waals surface area contributed by atoms with Gasteiger partial charge in [-0.2, -0.15) is 0 Å². The monoisotopic (exact) mass is 243 g/mol. The number of ether oxygens (including phenoxy) is 3. The predicted molar refractivity (Wildman–Crippen MR) is 66.2 cm³/mol. The van der Waals surface area contributed by atoms with E-state index in [2.05, 4.69) is 26.1 Å². The Kier molecular flexibility index (Phi) is 3.78. The van der Waals surface area contributed by atoms with Crippen molar-refractivity contribution in [1.82, 2.24) is 5.32 Å². The summed E-state index contributed by atoms with van der Waals surface area (Å²) < 4.78 is 17.7. The third kappa shape index (κ3) is 2.50. The Morgan fingerprint density at radius 3 is 2.59 bits per heavy atom. The maximum Gasteiger partial charge on any atom is 0.133 e. The normalized spacial score (nSPS) is 40.8. The fraction of sp³-hybridized carbons (Fsp3) is 1.00. The van der Waals surface area contributed by atoms with Crippen LogP contribution in [0.25, 0.3) is 0 Å². The molecule has 2 rings (SSSR count). The van der Waals surface area contributed by atoms with Crippen LogP contribution in [0.15, 0.2) is 0 Å². The van der Waals surface area contributed by atoms with Crippen molar-refractivity contribution in [1.29, 1.82) is 0 Å². The van der Waals surface area contributed by atoms with E-state index >= 15 is 0 Å². The second-order valence-corrected chi connectivity index (χ2v) is 5.82. The zero-order valence-corrected chi connectivity index (χ0v) is 11.5. The van der Waals surface area contributed by atoms with Crippen LogP contribution in [0.4, 0.5) is 0 Å². The summed E-state index contributed by atoms with van der Waals surface area (Å²) in [6.07, 6.45) is 0.534. The molecule has 0 aromatic heterocycles. The Labute approximate surface area is 104 Å². The summed E-state index contributed by atoms with van der Waals surface area (Å²) in [5.41, 5.74) is -0.293. The van der Waals surface area contributed by atoms with Gasteiger partial charge in [-0.3, -0.25) is 0 Å². The number of fused-ring (bicyclic) bond motifs is 2. The van der Waals surface area contributed by atoms with E-state index in [0.717, 1.165) is 0 Å². The third-order valence-corrected chi connectivity index (χ3v) is 3.47. The van der Waals surface area contributed by atoms with Gasteiger partial charge in [-0.05, 0) is 20.8 Å². The van der Waals surface area contributed by atoms with Crippen LogP contribution in [0.1, 0.15) is 34.6 Å². The van der Waals surface area contributed by atoms with Crippen LogP contribution in [-0.4, -0.2) is 49.2 Å². The summed E-state index contributed by atoms with van der Waals surface area (Å²) in [4.78, 5) is 0. The summed E-state index contributed by atoms with van der Waals surface area (Å²) in [5.74, 6) is 0. The highest BCUT2D eigenvalue weighted by Gasteiger charge is 2.60. The van der Waals surface area contributed by atoms with Gasteiger partial charge < -0.3 is 19.5 Å². The van der Waals surface area contributed by atoms with Crippen LogP contribution in [0.2, 0.25) is 0 Å². The highest BCUT2D eigenvalue weighted by Crippen LogP contribution is 2.40. The van der Waals surface area contributed by atoms with E-state index in [9.17, 15) is 0 Å². The zero-order chi connectivity index (χ0) is 12.6. The molecule has 0 amide bonds. The van der Waals surface area contributed by atoms with Crippen molar-refractivity contribution in [2.45, 2.75) is 70.6 Å². The van der Waals surface area contributed by atoms with E-state index in [0.29, 0.717) is 19.3 Å². The summed E-state index contributed by atoms with van der Waals surface area (Å²) >= 11 is 0. The lowest BCUT2D eigenvalue weighted by atomic mass is 9.95. The third-order valence-electron chi connectivity index (χ3n) is 3.47. The molecule has 1 N–H and O–H groups in total. The van der Waals surface area contributed by atoms with Crippen molar-refractivity contribution in [3.63, 3.8) is 0 Å². The molecule has 4 heteroatoms. The topological polar surface area (TPSA) is 39.7 Å². The highest BCUT2D eigenvalue weighted by atomic mass is 16.6. The Morgan fingerprint density at radius 2 is 2.06 bits per heavy atom. The number of nitrogens with one attached hydrogen (secondary N) is 1. The molecule has 0 spiro atoms. The van der Waals surface area contributed by atoms with E-state index in [1.54, 1.807) is 0 Å². The van der Waals surface area contributed by atoms with Crippen LogP contribution in [-0.2, 0) is 14.2 Å². The van der Waals surface area contributed by atoms with Crippen LogP contribution in [0, 0.1) is 0 Å². The van der Waals surface area contributed by atoms with Gasteiger partial charge in [0.1, 0.15) is 11.7 Å². The molecule has 0 radical (unpaired) electrons. The number of rotatable bonds is 5. The van der Waals surface area contributed by atoms with E-state index in [4.69, 9.17) is 14.2 Å². The minimum absolute atomic E-state index is 0.149. The van der Waals surface area contributed by atoms with Crippen molar-refractivity contribution in [3.8, 4) is 0 Å². The first-order chi connectivity index (χ1) is 7.94. The SMILES string of the molecule is CC(C)N[C@@H]1C2OC[C@]1(COC(C)C)O[C@H]2C. The molecule has 0 aromatic carbocycles. The summed E-state index contributed by atoms with van der Waals surface area (Å²) in [6, 6.07) is 0.674. The summed E-state index contributed by atoms with van der Waals surface area (Å²) in [7, 11) is 0. The van der Waals surface area contributed by atoms with E-state index in [1.807, 2.05) is 13.8 Å². The van der Waals surface area contributed by atoms with Crippen molar-refractivity contribution in [2.24, 2.45) is 0 Å². The minimum atomic E-state index is -0.293. The summed E-state index contributed by atoms with van der Waals surface area (Å²) in [5, 5.41) is 3.57. The predicted octanol–water partition coefficient (Wildman–Crippen LogP) is 1.33. The van der Waals surface area contributed by atoms with Crippen LogP contribution in [0.3, 0.4) is 0 Å². The molecule has 17 heavy (non-hydrogen) atoms. The van der Waals surface area contributed by atoms with Gasteiger partial charge in [0.05, 0.1) is 31.5 Å². The van der Waals surface area contributed by atoms with Crippen LogP contribution >= 0.6 is 0 Å².